The van der Waals surface area contributed by atoms with E-state index in [2.05, 4.69) is 0 Å². The van der Waals surface area contributed by atoms with Crippen LogP contribution in [0, 0.1) is 5.92 Å². The maximum Gasteiger partial charge on any atom is 0.307 e. The summed E-state index contributed by atoms with van der Waals surface area (Å²) in [6, 6.07) is 7.40. The molecule has 0 saturated heterocycles. The molecule has 1 aromatic carbocycles. The van der Waals surface area contributed by atoms with Gasteiger partial charge in [-0.05, 0) is 24.0 Å². The van der Waals surface area contributed by atoms with Crippen LogP contribution in [-0.2, 0) is 20.8 Å². The Balaban J connectivity index is 2.31. The lowest BCUT2D eigenvalue weighted by Crippen LogP contribution is -2.33. The predicted octanol–water partition coefficient (Wildman–Crippen LogP) is 1.25. The van der Waals surface area contributed by atoms with Gasteiger partial charge in [-0.3, -0.25) is 14.4 Å². The highest BCUT2D eigenvalue weighted by atomic mass is 16.4. The molecule has 5 heteroatoms. The summed E-state index contributed by atoms with van der Waals surface area (Å²) in [6.45, 7) is 0. The van der Waals surface area contributed by atoms with Crippen molar-refractivity contribution >= 4 is 17.7 Å². The van der Waals surface area contributed by atoms with E-state index >= 15 is 0 Å². The Hall–Kier alpha value is -2.17. The molecule has 0 aliphatic heterocycles. The van der Waals surface area contributed by atoms with Crippen LogP contribution < -0.4 is 5.73 Å². The van der Waals surface area contributed by atoms with E-state index in [4.69, 9.17) is 5.73 Å². The molecule has 0 bridgehead atoms. The molecule has 1 amide bonds. The molecule has 1 aliphatic rings. The number of nitrogens with two attached hydrogens (primary N) is 1. The number of Topliss-reactive ketones (excluding diaryl/α,β-unsaturated/α-hetero) is 1. The molecule has 1 aromatic rings. The number of fused-ring (bicyclic) bond motifs is 1. The molecule has 2 unspecified atom stereocenters. The number of hydrogen-bond acceptors (Lipinski definition) is 3. The number of amides is 1. The molecule has 3 N–H and O–H groups in total. The predicted molar refractivity (Wildman–Crippen MR) is 72.1 cm³/mol. The van der Waals surface area contributed by atoms with Crippen molar-refractivity contribution in [1.82, 2.24) is 0 Å². The fourth-order valence-electron chi connectivity index (χ4n) is 2.83. The number of carbonyl (C=O) groups excluding carboxylic acids is 2. The first-order chi connectivity index (χ1) is 9.50. The Bertz CT molecular complexity index is 553. The molecule has 0 fully saturated rings. The summed E-state index contributed by atoms with van der Waals surface area (Å²) in [5, 5.41) is 9.32. The first kappa shape index (κ1) is 14.2. The van der Waals surface area contributed by atoms with Crippen LogP contribution in [0.25, 0.3) is 0 Å². The van der Waals surface area contributed by atoms with Gasteiger partial charge >= 0.3 is 5.97 Å². The van der Waals surface area contributed by atoms with Gasteiger partial charge in [0.1, 0.15) is 5.78 Å². The molecule has 0 spiro atoms. The van der Waals surface area contributed by atoms with Gasteiger partial charge in [-0.1, -0.05) is 24.3 Å². The number of aliphatic carboxylic acids is 1. The standard InChI is InChI=1S/C15H17NO4/c16-13(18)8-7-12(17)14-10-4-2-1-3-9(10)5-6-11(14)15(19)20/h1-4,11,14H,5-8H2,(H2,16,18)(H,19,20). The van der Waals surface area contributed by atoms with Gasteiger partial charge in [0, 0.05) is 12.8 Å². The molecule has 106 valence electrons. The summed E-state index contributed by atoms with van der Waals surface area (Å²) in [5.74, 6) is -3.11. The lowest BCUT2D eigenvalue weighted by Gasteiger charge is -2.30. The number of carbonyl (C=O) groups is 3. The molecule has 5 nitrogen and oxygen atoms in total. The zero-order valence-electron chi connectivity index (χ0n) is 11.0. The highest BCUT2D eigenvalue weighted by Crippen LogP contribution is 2.37. The smallest absolute Gasteiger partial charge is 0.307 e. The van der Waals surface area contributed by atoms with Crippen LogP contribution >= 0.6 is 0 Å². The number of carboxylic acid groups (broad SMARTS) is 1. The number of benzene rings is 1. The summed E-state index contributed by atoms with van der Waals surface area (Å²) in [5.41, 5.74) is 6.85. The van der Waals surface area contributed by atoms with Gasteiger partial charge in [-0.25, -0.2) is 0 Å². The van der Waals surface area contributed by atoms with Crippen LogP contribution in [0.2, 0.25) is 0 Å². The summed E-state index contributed by atoms with van der Waals surface area (Å²) < 4.78 is 0. The fraction of sp³-hybridized carbons (Fsp3) is 0.400. The first-order valence-electron chi connectivity index (χ1n) is 6.62. The van der Waals surface area contributed by atoms with Crippen LogP contribution in [-0.4, -0.2) is 22.8 Å². The van der Waals surface area contributed by atoms with Gasteiger partial charge in [-0.2, -0.15) is 0 Å². The highest BCUT2D eigenvalue weighted by molar-refractivity contribution is 5.93. The largest absolute Gasteiger partial charge is 0.481 e. The monoisotopic (exact) mass is 275 g/mol. The highest BCUT2D eigenvalue weighted by Gasteiger charge is 2.38. The fourth-order valence-corrected chi connectivity index (χ4v) is 2.83. The minimum absolute atomic E-state index is 0.00187. The molecule has 0 aromatic heterocycles. The summed E-state index contributed by atoms with van der Waals surface area (Å²) >= 11 is 0. The van der Waals surface area contributed by atoms with E-state index < -0.39 is 23.7 Å². The van der Waals surface area contributed by atoms with Crippen LogP contribution in [0.1, 0.15) is 36.3 Å². The van der Waals surface area contributed by atoms with Gasteiger partial charge < -0.3 is 10.8 Å². The van der Waals surface area contributed by atoms with Crippen molar-refractivity contribution in [3.05, 3.63) is 35.4 Å². The number of rotatable bonds is 5. The number of carboxylic acids is 1. The minimum atomic E-state index is -0.961. The van der Waals surface area contributed by atoms with Crippen molar-refractivity contribution in [3.8, 4) is 0 Å². The van der Waals surface area contributed by atoms with Gasteiger partial charge in [0.05, 0.1) is 11.8 Å². The van der Waals surface area contributed by atoms with Crippen molar-refractivity contribution in [2.45, 2.75) is 31.6 Å². The third-order valence-electron chi connectivity index (χ3n) is 3.80. The Kier molecular flexibility index (Phi) is 4.17. The van der Waals surface area contributed by atoms with E-state index in [1.807, 2.05) is 12.1 Å². The van der Waals surface area contributed by atoms with Crippen molar-refractivity contribution in [2.24, 2.45) is 11.7 Å². The number of primary amides is 1. The Morgan fingerprint density at radius 1 is 1.20 bits per heavy atom. The van der Waals surface area contributed by atoms with Crippen molar-refractivity contribution in [1.29, 1.82) is 0 Å². The number of hydrogen-bond donors (Lipinski definition) is 2. The molecule has 20 heavy (non-hydrogen) atoms. The van der Waals surface area contributed by atoms with E-state index in [-0.39, 0.29) is 18.6 Å². The van der Waals surface area contributed by atoms with E-state index in [0.29, 0.717) is 12.8 Å². The summed E-state index contributed by atoms with van der Waals surface area (Å²) in [7, 11) is 0. The Labute approximate surface area is 116 Å². The van der Waals surface area contributed by atoms with Crippen molar-refractivity contribution < 1.29 is 19.5 Å². The SMILES string of the molecule is NC(=O)CCC(=O)C1c2ccccc2CCC1C(=O)O. The molecule has 2 atom stereocenters. The summed E-state index contributed by atoms with van der Waals surface area (Å²) in [6.07, 6.45) is 1.06. The van der Waals surface area contributed by atoms with Gasteiger partial charge in [0.15, 0.2) is 0 Å². The van der Waals surface area contributed by atoms with E-state index in [1.165, 1.54) is 0 Å². The molecule has 0 saturated carbocycles. The molecular weight excluding hydrogens is 258 g/mol. The van der Waals surface area contributed by atoms with Crippen molar-refractivity contribution in [3.63, 3.8) is 0 Å². The lowest BCUT2D eigenvalue weighted by atomic mass is 9.72. The van der Waals surface area contributed by atoms with Crippen LogP contribution in [0.5, 0.6) is 0 Å². The molecular formula is C15H17NO4. The second-order valence-corrected chi connectivity index (χ2v) is 5.09. The maximum absolute atomic E-state index is 12.3. The van der Waals surface area contributed by atoms with Crippen molar-refractivity contribution in [2.75, 3.05) is 0 Å². The average Bonchev–Trinajstić information content (AvgIpc) is 2.43. The quantitative estimate of drug-likeness (QED) is 0.845. The second kappa shape index (κ2) is 5.86. The average molecular weight is 275 g/mol. The topological polar surface area (TPSA) is 97.5 Å². The third-order valence-corrected chi connectivity index (χ3v) is 3.80. The van der Waals surface area contributed by atoms with Gasteiger partial charge in [0.2, 0.25) is 5.91 Å². The van der Waals surface area contributed by atoms with Crippen LogP contribution in [0.4, 0.5) is 0 Å². The third kappa shape index (κ3) is 2.87. The zero-order chi connectivity index (χ0) is 14.7. The van der Waals surface area contributed by atoms with E-state index in [0.717, 1.165) is 11.1 Å². The Morgan fingerprint density at radius 2 is 1.90 bits per heavy atom. The Morgan fingerprint density at radius 3 is 2.55 bits per heavy atom. The number of ketones is 1. The van der Waals surface area contributed by atoms with Gasteiger partial charge in [0.25, 0.3) is 0 Å². The normalized spacial score (nSPS) is 21.0. The zero-order valence-corrected chi connectivity index (χ0v) is 11.0. The summed E-state index contributed by atoms with van der Waals surface area (Å²) in [4.78, 5) is 34.5. The molecule has 0 heterocycles. The van der Waals surface area contributed by atoms with Crippen LogP contribution in [0.15, 0.2) is 24.3 Å². The van der Waals surface area contributed by atoms with E-state index in [1.54, 1.807) is 12.1 Å². The minimum Gasteiger partial charge on any atom is -0.481 e. The first-order valence-corrected chi connectivity index (χ1v) is 6.62. The lowest BCUT2D eigenvalue weighted by molar-refractivity contribution is -0.145. The number of aryl methyl sites for hydroxylation is 1. The van der Waals surface area contributed by atoms with Gasteiger partial charge in [-0.15, -0.1) is 0 Å². The van der Waals surface area contributed by atoms with Crippen LogP contribution in [0.3, 0.4) is 0 Å². The second-order valence-electron chi connectivity index (χ2n) is 5.09. The molecule has 1 aliphatic carbocycles. The maximum atomic E-state index is 12.3. The molecule has 0 radical (unpaired) electrons. The van der Waals surface area contributed by atoms with E-state index in [9.17, 15) is 19.5 Å². The molecule has 2 rings (SSSR count).